The lowest BCUT2D eigenvalue weighted by atomic mass is 9.97. The van der Waals surface area contributed by atoms with Gasteiger partial charge in [0.1, 0.15) is 5.60 Å². The Balaban J connectivity index is 3.06. The first-order valence-electron chi connectivity index (χ1n) is 6.70. The van der Waals surface area contributed by atoms with Gasteiger partial charge in [-0.2, -0.15) is 0 Å². The molecule has 0 unspecified atom stereocenters. The fraction of sp³-hybridized carbons (Fsp3) is 0.600. The molecule has 20 heavy (non-hydrogen) atoms. The average molecular weight is 299 g/mol. The van der Waals surface area contributed by atoms with Crippen molar-refractivity contribution in [2.75, 3.05) is 6.54 Å². The summed E-state index contributed by atoms with van der Waals surface area (Å²) in [5.74, 6) is 0. The third-order valence-corrected chi connectivity index (χ3v) is 3.19. The molecule has 1 heterocycles. The Hall–Kier alpha value is -1.29. The lowest BCUT2D eigenvalue weighted by molar-refractivity contribution is 0.00310. The van der Waals surface area contributed by atoms with E-state index in [4.69, 9.17) is 16.3 Å². The van der Waals surface area contributed by atoms with Crippen molar-refractivity contribution in [1.29, 1.82) is 0 Å². The molecule has 0 spiro atoms. The summed E-state index contributed by atoms with van der Waals surface area (Å²) < 4.78 is 5.46. The highest BCUT2D eigenvalue weighted by Crippen LogP contribution is 2.29. The van der Waals surface area contributed by atoms with Crippen LogP contribution in [-0.4, -0.2) is 28.1 Å². The summed E-state index contributed by atoms with van der Waals surface area (Å²) >= 11 is 6.01. The van der Waals surface area contributed by atoms with Gasteiger partial charge < -0.3 is 4.74 Å². The highest BCUT2D eigenvalue weighted by atomic mass is 35.5. The van der Waals surface area contributed by atoms with Crippen molar-refractivity contribution in [2.24, 2.45) is 0 Å². The van der Waals surface area contributed by atoms with Crippen molar-refractivity contribution >= 4 is 17.7 Å². The van der Waals surface area contributed by atoms with E-state index < -0.39 is 11.1 Å². The van der Waals surface area contributed by atoms with Crippen molar-refractivity contribution in [3.8, 4) is 0 Å². The molecule has 0 fully saturated rings. The van der Waals surface area contributed by atoms with Crippen molar-refractivity contribution < 1.29 is 9.53 Å². The number of amides is 1. The molecule has 112 valence electrons. The molecule has 4 nitrogen and oxygen atoms in total. The predicted octanol–water partition coefficient (Wildman–Crippen LogP) is 4.23. The van der Waals surface area contributed by atoms with E-state index in [2.05, 4.69) is 4.98 Å². The van der Waals surface area contributed by atoms with Crippen molar-refractivity contribution in [3.63, 3.8) is 0 Å². The van der Waals surface area contributed by atoms with Gasteiger partial charge in [0.15, 0.2) is 0 Å². The van der Waals surface area contributed by atoms with Gasteiger partial charge in [-0.15, -0.1) is 0 Å². The lowest BCUT2D eigenvalue weighted by Crippen LogP contribution is -2.48. The molecule has 0 saturated heterocycles. The molecule has 1 amide bonds. The summed E-state index contributed by atoms with van der Waals surface area (Å²) in [5.41, 5.74) is -0.387. The molecule has 0 saturated carbocycles. The predicted molar refractivity (Wildman–Crippen MR) is 80.9 cm³/mol. The summed E-state index contributed by atoms with van der Waals surface area (Å²) in [4.78, 5) is 18.3. The highest BCUT2D eigenvalue weighted by Gasteiger charge is 2.35. The largest absolute Gasteiger partial charge is 0.444 e. The first-order valence-corrected chi connectivity index (χ1v) is 7.08. The van der Waals surface area contributed by atoms with Crippen LogP contribution in [0.25, 0.3) is 0 Å². The van der Waals surface area contributed by atoms with Gasteiger partial charge in [-0.1, -0.05) is 11.6 Å². The summed E-state index contributed by atoms with van der Waals surface area (Å²) in [7, 11) is 0. The number of aromatic nitrogens is 1. The van der Waals surface area contributed by atoms with E-state index in [1.807, 2.05) is 41.5 Å². The van der Waals surface area contributed by atoms with Gasteiger partial charge in [-0.3, -0.25) is 9.88 Å². The molecule has 1 rings (SSSR count). The van der Waals surface area contributed by atoms with Gasteiger partial charge in [-0.25, -0.2) is 4.79 Å². The van der Waals surface area contributed by atoms with Crippen LogP contribution in [0.5, 0.6) is 0 Å². The molecule has 0 N–H and O–H groups in total. The Morgan fingerprint density at radius 3 is 2.40 bits per heavy atom. The number of carbonyl (C=O) groups excluding carboxylic acids is 1. The van der Waals surface area contributed by atoms with Gasteiger partial charge in [-0.05, 0) is 53.7 Å². The van der Waals surface area contributed by atoms with Gasteiger partial charge in [0.2, 0.25) is 0 Å². The van der Waals surface area contributed by atoms with E-state index >= 15 is 0 Å². The Bertz CT molecular complexity index is 481. The minimum atomic E-state index is -0.595. The van der Waals surface area contributed by atoms with Gasteiger partial charge in [0.25, 0.3) is 0 Å². The summed E-state index contributed by atoms with van der Waals surface area (Å²) in [6, 6.07) is 3.49. The number of hydrogen-bond acceptors (Lipinski definition) is 3. The first kappa shape index (κ1) is 16.8. The fourth-order valence-corrected chi connectivity index (χ4v) is 2.11. The van der Waals surface area contributed by atoms with Crippen LogP contribution in [0, 0.1) is 0 Å². The molecule has 0 aliphatic heterocycles. The Morgan fingerprint density at radius 1 is 1.35 bits per heavy atom. The maximum atomic E-state index is 12.3. The van der Waals surface area contributed by atoms with Crippen LogP contribution < -0.4 is 0 Å². The number of ether oxygens (including phenoxy) is 1. The van der Waals surface area contributed by atoms with E-state index in [0.29, 0.717) is 11.6 Å². The van der Waals surface area contributed by atoms with Gasteiger partial charge in [0.05, 0.1) is 11.2 Å². The lowest BCUT2D eigenvalue weighted by Gasteiger charge is -2.38. The summed E-state index contributed by atoms with van der Waals surface area (Å²) in [5, 5.41) is 0.600. The van der Waals surface area contributed by atoms with Crippen molar-refractivity contribution in [3.05, 3.63) is 29.0 Å². The van der Waals surface area contributed by atoms with Crippen LogP contribution >= 0.6 is 11.6 Å². The molecule has 0 atom stereocenters. The van der Waals surface area contributed by atoms with E-state index in [1.165, 1.54) is 0 Å². The van der Waals surface area contributed by atoms with Crippen LogP contribution in [0.4, 0.5) is 4.79 Å². The zero-order valence-electron chi connectivity index (χ0n) is 13.0. The second-order valence-corrected chi connectivity index (χ2v) is 6.58. The van der Waals surface area contributed by atoms with Crippen LogP contribution in [0.2, 0.25) is 5.02 Å². The summed E-state index contributed by atoms with van der Waals surface area (Å²) in [6.07, 6.45) is 1.29. The van der Waals surface area contributed by atoms with E-state index in [9.17, 15) is 4.79 Å². The quantitative estimate of drug-likeness (QED) is 0.839. The SMILES string of the molecule is CCN(C(=O)OC(C)(C)C)C(C)(C)c1cc(Cl)ccn1. The molecule has 0 aliphatic rings. The van der Waals surface area contributed by atoms with Crippen molar-refractivity contribution in [2.45, 2.75) is 52.7 Å². The molecule has 0 bridgehead atoms. The molecular weight excluding hydrogens is 276 g/mol. The third-order valence-electron chi connectivity index (χ3n) is 2.95. The molecule has 1 aromatic heterocycles. The topological polar surface area (TPSA) is 42.4 Å². The molecule has 0 aromatic carbocycles. The minimum Gasteiger partial charge on any atom is -0.444 e. The van der Waals surface area contributed by atoms with Crippen LogP contribution in [0.15, 0.2) is 18.3 Å². The second kappa shape index (κ2) is 6.00. The number of carbonyl (C=O) groups is 1. The van der Waals surface area contributed by atoms with E-state index in [0.717, 1.165) is 5.69 Å². The van der Waals surface area contributed by atoms with E-state index in [1.54, 1.807) is 23.2 Å². The molecule has 0 radical (unpaired) electrons. The number of nitrogens with zero attached hydrogens (tertiary/aromatic N) is 2. The normalized spacial score (nSPS) is 12.2. The average Bonchev–Trinajstić information content (AvgIpc) is 2.26. The van der Waals surface area contributed by atoms with Crippen LogP contribution in [0.1, 0.15) is 47.2 Å². The van der Waals surface area contributed by atoms with Gasteiger partial charge >= 0.3 is 6.09 Å². The molecule has 0 aliphatic carbocycles. The third kappa shape index (κ3) is 4.10. The van der Waals surface area contributed by atoms with Crippen LogP contribution in [-0.2, 0) is 10.3 Å². The monoisotopic (exact) mass is 298 g/mol. The zero-order chi connectivity index (χ0) is 15.6. The van der Waals surface area contributed by atoms with Crippen molar-refractivity contribution in [1.82, 2.24) is 9.88 Å². The number of hydrogen-bond donors (Lipinski definition) is 0. The first-order chi connectivity index (χ1) is 9.08. The molecular formula is C15H23ClN2O2. The Labute approximate surface area is 126 Å². The standard InChI is InChI=1S/C15H23ClN2O2/c1-7-18(13(19)20-14(2,3)4)15(5,6)12-10-11(16)8-9-17-12/h8-10H,7H2,1-6H3. The number of halogens is 1. The van der Waals surface area contributed by atoms with Crippen LogP contribution in [0.3, 0.4) is 0 Å². The molecule has 5 heteroatoms. The Kier molecular flexibility index (Phi) is 5.03. The fourth-order valence-electron chi connectivity index (χ4n) is 1.95. The zero-order valence-corrected chi connectivity index (χ0v) is 13.8. The number of pyridine rings is 1. The minimum absolute atomic E-state index is 0.355. The smallest absolute Gasteiger partial charge is 0.411 e. The highest BCUT2D eigenvalue weighted by molar-refractivity contribution is 6.30. The number of rotatable bonds is 3. The second-order valence-electron chi connectivity index (χ2n) is 6.14. The van der Waals surface area contributed by atoms with Gasteiger partial charge in [0, 0.05) is 17.8 Å². The maximum Gasteiger partial charge on any atom is 0.411 e. The summed E-state index contributed by atoms with van der Waals surface area (Å²) in [6.45, 7) is 11.8. The molecule has 1 aromatic rings. The maximum absolute atomic E-state index is 12.3. The Morgan fingerprint density at radius 2 is 1.95 bits per heavy atom. The van der Waals surface area contributed by atoms with E-state index in [-0.39, 0.29) is 6.09 Å².